The highest BCUT2D eigenvalue weighted by Crippen LogP contribution is 2.23. The number of nitrogens with zero attached hydrogens (tertiary/aromatic N) is 4. The maximum atomic E-state index is 12.9. The summed E-state index contributed by atoms with van der Waals surface area (Å²) in [6, 6.07) is 13.0. The Morgan fingerprint density at radius 2 is 2.04 bits per heavy atom. The van der Waals surface area contributed by atoms with Crippen LogP contribution in [-0.2, 0) is 0 Å². The molecule has 0 bridgehead atoms. The fraction of sp³-hybridized carbons (Fsp3) is 0.176. The number of nitriles is 1. The summed E-state index contributed by atoms with van der Waals surface area (Å²) in [5.41, 5.74) is 1.45. The summed E-state index contributed by atoms with van der Waals surface area (Å²) in [6.07, 6.45) is 1.71. The molecule has 1 atom stereocenters. The fourth-order valence-corrected chi connectivity index (χ4v) is 2.97. The van der Waals surface area contributed by atoms with Gasteiger partial charge in [0.15, 0.2) is 5.16 Å². The number of hydrogen-bond acceptors (Lipinski definition) is 5. The molecule has 5 nitrogen and oxygen atoms in total. The number of benzene rings is 1. The summed E-state index contributed by atoms with van der Waals surface area (Å²) in [7, 11) is 0. The highest BCUT2D eigenvalue weighted by molar-refractivity contribution is 8.00. The van der Waals surface area contributed by atoms with Gasteiger partial charge in [0.1, 0.15) is 5.82 Å². The van der Waals surface area contributed by atoms with Crippen LogP contribution in [0.2, 0.25) is 0 Å². The van der Waals surface area contributed by atoms with E-state index >= 15 is 0 Å². The van der Waals surface area contributed by atoms with E-state index in [1.54, 1.807) is 31.3 Å². The molecule has 0 aliphatic carbocycles. The van der Waals surface area contributed by atoms with E-state index in [0.29, 0.717) is 21.9 Å². The molecule has 2 heterocycles. The molecule has 0 aliphatic heterocycles. The van der Waals surface area contributed by atoms with Gasteiger partial charge < -0.3 is 0 Å². The van der Waals surface area contributed by atoms with Crippen LogP contribution in [0.25, 0.3) is 16.7 Å². The first-order chi connectivity index (χ1) is 11.1. The monoisotopic (exact) mass is 322 g/mol. The Kier molecular flexibility index (Phi) is 4.13. The summed E-state index contributed by atoms with van der Waals surface area (Å²) >= 11 is 1.25. The van der Waals surface area contributed by atoms with Gasteiger partial charge in [-0.15, -0.1) is 0 Å². The van der Waals surface area contributed by atoms with Crippen LogP contribution in [0.4, 0.5) is 0 Å². The molecule has 0 aliphatic rings. The molecule has 0 spiro atoms. The van der Waals surface area contributed by atoms with Crippen molar-refractivity contribution in [2.45, 2.75) is 24.3 Å². The first kappa shape index (κ1) is 15.3. The summed E-state index contributed by atoms with van der Waals surface area (Å²) in [5, 5.41) is 9.76. The molecular formula is C17H14N4OS. The third kappa shape index (κ3) is 2.96. The van der Waals surface area contributed by atoms with Crippen molar-refractivity contribution >= 4 is 22.7 Å². The van der Waals surface area contributed by atoms with Crippen molar-refractivity contribution in [2.24, 2.45) is 0 Å². The summed E-state index contributed by atoms with van der Waals surface area (Å²) in [4.78, 5) is 21.8. The first-order valence-electron chi connectivity index (χ1n) is 7.11. The van der Waals surface area contributed by atoms with E-state index in [0.717, 1.165) is 5.56 Å². The third-order valence-electron chi connectivity index (χ3n) is 3.33. The van der Waals surface area contributed by atoms with Crippen LogP contribution in [0, 0.1) is 18.3 Å². The summed E-state index contributed by atoms with van der Waals surface area (Å²) in [5.74, 6) is 0.506. The number of aromatic nitrogens is 3. The predicted octanol–water partition coefficient (Wildman–Crippen LogP) is 3.09. The number of hydrogen-bond donors (Lipinski definition) is 0. The maximum Gasteiger partial charge on any atom is 0.267 e. The number of para-hydroxylation sites is 1. The van der Waals surface area contributed by atoms with Crippen LogP contribution in [0.5, 0.6) is 0 Å². The summed E-state index contributed by atoms with van der Waals surface area (Å²) < 4.78 is 1.47. The molecule has 0 radical (unpaired) electrons. The van der Waals surface area contributed by atoms with Gasteiger partial charge in [-0.1, -0.05) is 30.0 Å². The van der Waals surface area contributed by atoms with Gasteiger partial charge in [0, 0.05) is 6.20 Å². The van der Waals surface area contributed by atoms with Gasteiger partial charge in [-0.2, -0.15) is 5.26 Å². The van der Waals surface area contributed by atoms with Crippen LogP contribution >= 0.6 is 11.8 Å². The predicted molar refractivity (Wildman–Crippen MR) is 90.8 cm³/mol. The molecular weight excluding hydrogens is 308 g/mol. The smallest absolute Gasteiger partial charge is 0.267 e. The lowest BCUT2D eigenvalue weighted by Gasteiger charge is -2.13. The standard InChI is InChI=1S/C17H14N4OS/c1-11-7-8-15(19-10-11)21-16(22)13-5-3-4-6-14(13)20-17(21)23-12(2)9-18/h3-8,10,12H,1-2H3. The van der Waals surface area contributed by atoms with Crippen LogP contribution in [-0.4, -0.2) is 19.8 Å². The molecule has 0 fully saturated rings. The van der Waals surface area contributed by atoms with Gasteiger partial charge in [0.25, 0.3) is 5.56 Å². The van der Waals surface area contributed by atoms with Gasteiger partial charge in [-0.3, -0.25) is 4.79 Å². The Labute approximate surface area is 137 Å². The highest BCUT2D eigenvalue weighted by atomic mass is 32.2. The highest BCUT2D eigenvalue weighted by Gasteiger charge is 2.16. The fourth-order valence-electron chi connectivity index (χ4n) is 2.17. The number of fused-ring (bicyclic) bond motifs is 1. The minimum atomic E-state index is -0.320. The number of aryl methyl sites for hydroxylation is 1. The van der Waals surface area contributed by atoms with Crippen LogP contribution < -0.4 is 5.56 Å². The van der Waals surface area contributed by atoms with Crippen molar-refractivity contribution in [3.05, 3.63) is 58.5 Å². The number of thioether (sulfide) groups is 1. The van der Waals surface area contributed by atoms with Crippen molar-refractivity contribution in [1.29, 1.82) is 5.26 Å². The van der Waals surface area contributed by atoms with Crippen LogP contribution in [0.15, 0.2) is 52.5 Å². The average Bonchev–Trinajstić information content (AvgIpc) is 2.56. The zero-order chi connectivity index (χ0) is 16.4. The van der Waals surface area contributed by atoms with Crippen molar-refractivity contribution < 1.29 is 0 Å². The summed E-state index contributed by atoms with van der Waals surface area (Å²) in [6.45, 7) is 3.71. The molecule has 1 unspecified atom stereocenters. The average molecular weight is 322 g/mol. The lowest BCUT2D eigenvalue weighted by Crippen LogP contribution is -2.23. The van der Waals surface area contributed by atoms with E-state index in [4.69, 9.17) is 5.26 Å². The molecule has 3 aromatic rings. The van der Waals surface area contributed by atoms with Gasteiger partial charge in [-0.05, 0) is 37.6 Å². The Hall–Kier alpha value is -2.65. The van der Waals surface area contributed by atoms with Crippen LogP contribution in [0.3, 0.4) is 0 Å². The first-order valence-corrected chi connectivity index (χ1v) is 7.99. The SMILES string of the molecule is Cc1ccc(-n2c(SC(C)C#N)nc3ccccc3c2=O)nc1. The Bertz CT molecular complexity index is 957. The van der Waals surface area contributed by atoms with E-state index in [-0.39, 0.29) is 10.8 Å². The van der Waals surface area contributed by atoms with Gasteiger partial charge in [-0.25, -0.2) is 14.5 Å². The molecule has 0 saturated carbocycles. The Balaban J connectivity index is 2.30. The van der Waals surface area contributed by atoms with E-state index in [9.17, 15) is 4.79 Å². The van der Waals surface area contributed by atoms with Crippen LogP contribution in [0.1, 0.15) is 12.5 Å². The second-order valence-corrected chi connectivity index (χ2v) is 6.44. The zero-order valence-corrected chi connectivity index (χ0v) is 13.5. The minimum absolute atomic E-state index is 0.181. The van der Waals surface area contributed by atoms with E-state index < -0.39 is 0 Å². The number of pyridine rings is 1. The number of rotatable bonds is 3. The minimum Gasteiger partial charge on any atom is -0.268 e. The molecule has 0 saturated heterocycles. The Morgan fingerprint density at radius 3 is 2.74 bits per heavy atom. The normalized spacial score (nSPS) is 12.0. The van der Waals surface area contributed by atoms with Crippen molar-refractivity contribution in [3.63, 3.8) is 0 Å². The van der Waals surface area contributed by atoms with Gasteiger partial charge >= 0.3 is 0 Å². The van der Waals surface area contributed by atoms with Crippen molar-refractivity contribution in [2.75, 3.05) is 0 Å². The van der Waals surface area contributed by atoms with E-state index in [2.05, 4.69) is 16.0 Å². The second kappa shape index (κ2) is 6.23. The molecule has 0 N–H and O–H groups in total. The quantitative estimate of drug-likeness (QED) is 0.547. The van der Waals surface area contributed by atoms with Crippen molar-refractivity contribution in [3.8, 4) is 11.9 Å². The lowest BCUT2D eigenvalue weighted by molar-refractivity contribution is 0.793. The Morgan fingerprint density at radius 1 is 1.26 bits per heavy atom. The molecule has 0 amide bonds. The molecule has 1 aromatic carbocycles. The maximum absolute atomic E-state index is 12.9. The molecule has 23 heavy (non-hydrogen) atoms. The second-order valence-electron chi connectivity index (χ2n) is 5.14. The third-order valence-corrected chi connectivity index (χ3v) is 4.28. The van der Waals surface area contributed by atoms with Gasteiger partial charge in [0.05, 0.1) is 22.2 Å². The lowest BCUT2D eigenvalue weighted by atomic mass is 10.2. The molecule has 114 valence electrons. The topological polar surface area (TPSA) is 71.6 Å². The van der Waals surface area contributed by atoms with Gasteiger partial charge in [0.2, 0.25) is 0 Å². The van der Waals surface area contributed by atoms with E-state index in [1.807, 2.05) is 25.1 Å². The molecule has 2 aromatic heterocycles. The van der Waals surface area contributed by atoms with E-state index in [1.165, 1.54) is 16.3 Å². The molecule has 6 heteroatoms. The van der Waals surface area contributed by atoms with Crippen molar-refractivity contribution in [1.82, 2.24) is 14.5 Å². The largest absolute Gasteiger partial charge is 0.268 e. The molecule has 3 rings (SSSR count). The zero-order valence-electron chi connectivity index (χ0n) is 12.7.